The van der Waals surface area contributed by atoms with Gasteiger partial charge >= 0.3 is 0 Å². The van der Waals surface area contributed by atoms with Crippen LogP contribution >= 0.6 is 0 Å². The minimum absolute atomic E-state index is 0.0487. The predicted octanol–water partition coefficient (Wildman–Crippen LogP) is 3.27. The lowest BCUT2D eigenvalue weighted by atomic mass is 10.1. The number of benzene rings is 1. The van der Waals surface area contributed by atoms with Crippen molar-refractivity contribution >= 4 is 10.2 Å². The molecule has 0 spiro atoms. The Balaban J connectivity index is 0.000000314. The Hall–Kier alpha value is -1.77. The summed E-state index contributed by atoms with van der Waals surface area (Å²) in [6, 6.07) is 10.5. The fourth-order valence-electron chi connectivity index (χ4n) is 2.21. The predicted molar refractivity (Wildman–Crippen MR) is 111 cm³/mol. The Labute approximate surface area is 164 Å². The third kappa shape index (κ3) is 7.40. The summed E-state index contributed by atoms with van der Waals surface area (Å²) in [4.78, 5) is 1.81. The molecule has 0 saturated heterocycles. The van der Waals surface area contributed by atoms with Crippen LogP contribution in [0.2, 0.25) is 0 Å². The van der Waals surface area contributed by atoms with E-state index >= 15 is 0 Å². The van der Waals surface area contributed by atoms with Gasteiger partial charge in [0, 0.05) is 25.7 Å². The van der Waals surface area contributed by atoms with Gasteiger partial charge in [-0.1, -0.05) is 43.7 Å². The molecular formula is C19H33N5O2S. The number of aromatic nitrogens is 3. The average Bonchev–Trinajstić information content (AvgIpc) is 3.00. The molecule has 2 rings (SSSR count). The van der Waals surface area contributed by atoms with E-state index in [-0.39, 0.29) is 6.04 Å². The molecule has 1 N–H and O–H groups in total. The molecule has 0 saturated carbocycles. The van der Waals surface area contributed by atoms with Crippen molar-refractivity contribution in [3.63, 3.8) is 0 Å². The standard InChI is InChI=1S/C14H19N3.C5H14N2O2S/c1-4-8-13-14(12-9-6-5-7-10-12)16-17(15-13)11(2)3;1-5(2)6-10(8,9)7(3)4/h5-7,9-11H,4,8H2,1-3H3;5-6H,1-4H3. The second-order valence-electron chi connectivity index (χ2n) is 7.09. The molecule has 7 nitrogen and oxygen atoms in total. The molecule has 0 radical (unpaired) electrons. The number of nitrogens with one attached hydrogen (secondary N) is 1. The first kappa shape index (κ1) is 23.3. The minimum Gasteiger partial charge on any atom is -0.200 e. The van der Waals surface area contributed by atoms with Gasteiger partial charge in [-0.05, 0) is 34.1 Å². The zero-order valence-electron chi connectivity index (χ0n) is 17.5. The molecule has 0 aliphatic rings. The number of hydrogen-bond donors (Lipinski definition) is 1. The summed E-state index contributed by atoms with van der Waals surface area (Å²) in [6.45, 7) is 9.93. The maximum Gasteiger partial charge on any atom is 0.279 e. The lowest BCUT2D eigenvalue weighted by Crippen LogP contribution is -2.39. The fourth-order valence-corrected chi connectivity index (χ4v) is 3.02. The van der Waals surface area contributed by atoms with Crippen LogP contribution in [-0.4, -0.2) is 47.9 Å². The van der Waals surface area contributed by atoms with Gasteiger partial charge in [0.25, 0.3) is 10.2 Å². The van der Waals surface area contributed by atoms with Gasteiger partial charge in [-0.25, -0.2) is 0 Å². The number of aryl methyl sites for hydroxylation is 1. The minimum atomic E-state index is -3.21. The first-order chi connectivity index (χ1) is 12.6. The highest BCUT2D eigenvalue weighted by Crippen LogP contribution is 2.22. The number of rotatable bonds is 7. The van der Waals surface area contributed by atoms with Crippen LogP contribution in [0, 0.1) is 0 Å². The lowest BCUT2D eigenvalue weighted by molar-refractivity contribution is 0.463. The Bertz CT molecular complexity index is 784. The van der Waals surface area contributed by atoms with Gasteiger partial charge in [-0.2, -0.15) is 32.4 Å². The van der Waals surface area contributed by atoms with Crippen LogP contribution in [0.25, 0.3) is 11.3 Å². The molecule has 0 amide bonds. The Morgan fingerprint density at radius 3 is 2.07 bits per heavy atom. The quantitative estimate of drug-likeness (QED) is 0.780. The summed E-state index contributed by atoms with van der Waals surface area (Å²) in [7, 11) is -0.233. The Morgan fingerprint density at radius 1 is 1.07 bits per heavy atom. The van der Waals surface area contributed by atoms with E-state index in [1.165, 1.54) is 14.1 Å². The van der Waals surface area contributed by atoms with Crippen LogP contribution in [0.5, 0.6) is 0 Å². The number of hydrogen-bond acceptors (Lipinski definition) is 4. The van der Waals surface area contributed by atoms with Crippen molar-refractivity contribution < 1.29 is 8.42 Å². The SMILES string of the molecule is CC(C)NS(=O)(=O)N(C)C.CCCc1nn(C(C)C)nc1-c1ccccc1. The van der Waals surface area contributed by atoms with Crippen LogP contribution < -0.4 is 4.72 Å². The second kappa shape index (κ2) is 10.5. The fraction of sp³-hybridized carbons (Fsp3) is 0.579. The van der Waals surface area contributed by atoms with Crippen molar-refractivity contribution in [2.24, 2.45) is 0 Å². The van der Waals surface area contributed by atoms with Crippen LogP contribution in [0.1, 0.15) is 52.8 Å². The van der Waals surface area contributed by atoms with Crippen molar-refractivity contribution in [2.75, 3.05) is 14.1 Å². The molecule has 8 heteroatoms. The monoisotopic (exact) mass is 395 g/mol. The molecule has 1 aromatic carbocycles. The molecule has 0 atom stereocenters. The summed E-state index contributed by atoms with van der Waals surface area (Å²) < 4.78 is 25.5. The van der Waals surface area contributed by atoms with Crippen molar-refractivity contribution in [1.82, 2.24) is 24.0 Å². The topological polar surface area (TPSA) is 80.1 Å². The van der Waals surface area contributed by atoms with Gasteiger partial charge in [0.2, 0.25) is 0 Å². The van der Waals surface area contributed by atoms with Crippen LogP contribution in [0.3, 0.4) is 0 Å². The molecular weight excluding hydrogens is 362 g/mol. The summed E-state index contributed by atoms with van der Waals surface area (Å²) >= 11 is 0. The van der Waals surface area contributed by atoms with Gasteiger partial charge in [0.05, 0.1) is 11.7 Å². The van der Waals surface area contributed by atoms with E-state index in [4.69, 9.17) is 0 Å². The third-order valence-corrected chi connectivity index (χ3v) is 5.29. The molecule has 2 aromatic rings. The first-order valence-corrected chi connectivity index (χ1v) is 10.7. The Kier molecular flexibility index (Phi) is 9.08. The second-order valence-corrected chi connectivity index (χ2v) is 9.00. The van der Waals surface area contributed by atoms with Gasteiger partial charge in [0.1, 0.15) is 5.69 Å². The Morgan fingerprint density at radius 2 is 1.67 bits per heavy atom. The van der Waals surface area contributed by atoms with E-state index in [0.717, 1.165) is 34.1 Å². The molecule has 1 aromatic heterocycles. The van der Waals surface area contributed by atoms with Gasteiger partial charge < -0.3 is 0 Å². The number of nitrogens with zero attached hydrogens (tertiary/aromatic N) is 4. The summed E-state index contributed by atoms with van der Waals surface area (Å²) in [6.07, 6.45) is 2.08. The van der Waals surface area contributed by atoms with E-state index in [9.17, 15) is 8.42 Å². The molecule has 152 valence electrons. The van der Waals surface area contributed by atoms with E-state index in [0.29, 0.717) is 6.04 Å². The van der Waals surface area contributed by atoms with Gasteiger partial charge in [-0.3, -0.25) is 0 Å². The largest absolute Gasteiger partial charge is 0.279 e. The molecule has 0 fully saturated rings. The molecule has 1 heterocycles. The van der Waals surface area contributed by atoms with Crippen molar-refractivity contribution in [1.29, 1.82) is 0 Å². The average molecular weight is 396 g/mol. The molecule has 27 heavy (non-hydrogen) atoms. The van der Waals surface area contributed by atoms with E-state index in [1.807, 2.05) is 23.0 Å². The molecule has 0 aliphatic heterocycles. The van der Waals surface area contributed by atoms with Crippen LogP contribution in [0.4, 0.5) is 0 Å². The van der Waals surface area contributed by atoms with Gasteiger partial charge in [-0.15, -0.1) is 0 Å². The maximum atomic E-state index is 11.0. The summed E-state index contributed by atoms with van der Waals surface area (Å²) in [5.41, 5.74) is 3.29. The van der Waals surface area contributed by atoms with Gasteiger partial charge in [0.15, 0.2) is 0 Å². The highest BCUT2D eigenvalue weighted by atomic mass is 32.2. The zero-order valence-corrected chi connectivity index (χ0v) is 18.3. The van der Waals surface area contributed by atoms with Crippen molar-refractivity contribution in [3.8, 4) is 11.3 Å². The molecule has 0 unspecified atom stereocenters. The lowest BCUT2D eigenvalue weighted by Gasteiger charge is -2.14. The van der Waals surface area contributed by atoms with E-state index in [1.54, 1.807) is 13.8 Å². The highest BCUT2D eigenvalue weighted by molar-refractivity contribution is 7.87. The van der Waals surface area contributed by atoms with Crippen LogP contribution in [-0.2, 0) is 16.6 Å². The van der Waals surface area contributed by atoms with E-state index in [2.05, 4.69) is 47.8 Å². The van der Waals surface area contributed by atoms with Crippen LogP contribution in [0.15, 0.2) is 30.3 Å². The summed E-state index contributed by atoms with van der Waals surface area (Å²) in [5.74, 6) is 0. The van der Waals surface area contributed by atoms with E-state index < -0.39 is 10.2 Å². The first-order valence-electron chi connectivity index (χ1n) is 9.29. The smallest absolute Gasteiger partial charge is 0.200 e. The van der Waals surface area contributed by atoms with Crippen molar-refractivity contribution in [2.45, 2.75) is 59.5 Å². The zero-order chi connectivity index (χ0) is 20.6. The third-order valence-electron chi connectivity index (χ3n) is 3.56. The normalized spacial score (nSPS) is 11.8. The molecule has 0 aliphatic carbocycles. The van der Waals surface area contributed by atoms with Crippen molar-refractivity contribution in [3.05, 3.63) is 36.0 Å². The highest BCUT2D eigenvalue weighted by Gasteiger charge is 2.14. The maximum absolute atomic E-state index is 11.0. The summed E-state index contributed by atoms with van der Waals surface area (Å²) in [5, 5.41) is 9.19. The molecule has 0 bridgehead atoms.